The molecule has 3 rings (SSSR count). The smallest absolute Gasteiger partial charge is 0.409 e. The zero-order valence-corrected chi connectivity index (χ0v) is 11.5. The molecule has 0 bridgehead atoms. The Morgan fingerprint density at radius 3 is 2.57 bits per heavy atom. The molecule has 2 N–H and O–H groups in total. The Bertz CT molecular complexity index is 718. The van der Waals surface area contributed by atoms with Crippen LogP contribution in [0.3, 0.4) is 0 Å². The predicted molar refractivity (Wildman–Crippen MR) is 80.5 cm³/mol. The number of carboxylic acid groups (broad SMARTS) is 1. The number of rotatable bonds is 4. The van der Waals surface area contributed by atoms with E-state index in [0.29, 0.717) is 12.5 Å². The first-order valence-electron chi connectivity index (χ1n) is 6.93. The first-order valence-corrected chi connectivity index (χ1v) is 6.93. The summed E-state index contributed by atoms with van der Waals surface area (Å²) in [5.74, 6) is 0.534. The Kier molecular flexibility index (Phi) is 3.48. The van der Waals surface area contributed by atoms with E-state index in [0.717, 1.165) is 24.0 Å². The van der Waals surface area contributed by atoms with E-state index in [4.69, 9.17) is 5.11 Å². The average molecular weight is 284 g/mol. The van der Waals surface area contributed by atoms with Gasteiger partial charge in [0.25, 0.3) is 5.56 Å². The maximum absolute atomic E-state index is 12.3. The lowest BCUT2D eigenvalue weighted by atomic mass is 10.1. The molecule has 0 radical (unpaired) electrons. The fourth-order valence-corrected chi connectivity index (χ4v) is 2.34. The molecule has 1 aromatic heterocycles. The van der Waals surface area contributed by atoms with Crippen molar-refractivity contribution in [3.63, 3.8) is 0 Å². The van der Waals surface area contributed by atoms with Crippen LogP contribution in [-0.4, -0.2) is 15.8 Å². The van der Waals surface area contributed by atoms with Gasteiger partial charge in [-0.15, -0.1) is 0 Å². The number of hydrogen-bond acceptors (Lipinski definition) is 2. The SMILES string of the molecule is O=C(O)Nc1cc(-c2ccccc2)cn(CC2CC2)c1=O. The highest BCUT2D eigenvalue weighted by Crippen LogP contribution is 2.31. The standard InChI is InChI=1S/C16H16N2O3/c19-15-14(17-16(20)21)8-13(12-4-2-1-3-5-12)10-18(15)9-11-6-7-11/h1-5,8,10-11,17H,6-7,9H2,(H,20,21). The quantitative estimate of drug-likeness (QED) is 0.906. The van der Waals surface area contributed by atoms with Crippen molar-refractivity contribution in [2.75, 3.05) is 5.32 Å². The molecule has 1 fully saturated rings. The first-order chi connectivity index (χ1) is 10.1. The van der Waals surface area contributed by atoms with Crippen LogP contribution in [0.25, 0.3) is 11.1 Å². The molecular weight excluding hydrogens is 268 g/mol. The summed E-state index contributed by atoms with van der Waals surface area (Å²) in [7, 11) is 0. The Morgan fingerprint density at radius 1 is 1.24 bits per heavy atom. The zero-order chi connectivity index (χ0) is 14.8. The second kappa shape index (κ2) is 5.44. The first kappa shape index (κ1) is 13.4. The van der Waals surface area contributed by atoms with Crippen LogP contribution in [0.4, 0.5) is 10.5 Å². The highest BCUT2D eigenvalue weighted by atomic mass is 16.4. The fraction of sp³-hybridized carbons (Fsp3) is 0.250. The van der Waals surface area contributed by atoms with E-state index in [9.17, 15) is 9.59 Å². The molecule has 0 spiro atoms. The Hall–Kier alpha value is -2.56. The van der Waals surface area contributed by atoms with Crippen molar-refractivity contribution < 1.29 is 9.90 Å². The molecule has 0 aliphatic heterocycles. The van der Waals surface area contributed by atoms with Gasteiger partial charge in [0.1, 0.15) is 5.69 Å². The largest absolute Gasteiger partial charge is 0.465 e. The predicted octanol–water partition coefficient (Wildman–Crippen LogP) is 3.02. The molecule has 21 heavy (non-hydrogen) atoms. The number of aromatic nitrogens is 1. The normalized spacial score (nSPS) is 13.9. The number of nitrogens with zero attached hydrogens (tertiary/aromatic N) is 1. The molecule has 1 aromatic carbocycles. The van der Waals surface area contributed by atoms with Crippen molar-refractivity contribution in [1.82, 2.24) is 4.57 Å². The highest BCUT2D eigenvalue weighted by molar-refractivity contribution is 5.83. The van der Waals surface area contributed by atoms with Crippen molar-refractivity contribution >= 4 is 11.8 Å². The minimum atomic E-state index is -1.23. The summed E-state index contributed by atoms with van der Waals surface area (Å²) < 4.78 is 1.62. The lowest BCUT2D eigenvalue weighted by molar-refractivity contribution is 0.209. The highest BCUT2D eigenvalue weighted by Gasteiger charge is 2.23. The van der Waals surface area contributed by atoms with Gasteiger partial charge in [-0.2, -0.15) is 0 Å². The van der Waals surface area contributed by atoms with Crippen molar-refractivity contribution in [3.8, 4) is 11.1 Å². The van der Waals surface area contributed by atoms with E-state index in [1.807, 2.05) is 36.5 Å². The van der Waals surface area contributed by atoms with Gasteiger partial charge in [0.15, 0.2) is 0 Å². The van der Waals surface area contributed by atoms with Gasteiger partial charge in [-0.3, -0.25) is 10.1 Å². The Morgan fingerprint density at radius 2 is 1.95 bits per heavy atom. The van der Waals surface area contributed by atoms with Gasteiger partial charge < -0.3 is 9.67 Å². The molecule has 1 aliphatic carbocycles. The summed E-state index contributed by atoms with van der Waals surface area (Å²) in [5, 5.41) is 11.1. The average Bonchev–Trinajstić information content (AvgIpc) is 3.27. The lowest BCUT2D eigenvalue weighted by Gasteiger charge is -2.11. The van der Waals surface area contributed by atoms with E-state index in [-0.39, 0.29) is 11.2 Å². The van der Waals surface area contributed by atoms with Crippen LogP contribution in [-0.2, 0) is 6.54 Å². The molecule has 1 heterocycles. The number of nitrogens with one attached hydrogen (secondary N) is 1. The van der Waals surface area contributed by atoms with Crippen molar-refractivity contribution in [2.45, 2.75) is 19.4 Å². The number of pyridine rings is 1. The summed E-state index contributed by atoms with van der Waals surface area (Å²) in [5.41, 5.74) is 1.60. The Labute approximate surface area is 121 Å². The second-order valence-corrected chi connectivity index (χ2v) is 5.34. The Balaban J connectivity index is 2.06. The molecule has 0 atom stereocenters. The van der Waals surface area contributed by atoms with Gasteiger partial charge in [0.2, 0.25) is 0 Å². The molecule has 0 unspecified atom stereocenters. The molecular formula is C16H16N2O3. The maximum Gasteiger partial charge on any atom is 0.409 e. The fourth-order valence-electron chi connectivity index (χ4n) is 2.34. The second-order valence-electron chi connectivity index (χ2n) is 5.34. The summed E-state index contributed by atoms with van der Waals surface area (Å²) in [4.78, 5) is 23.1. The third-order valence-corrected chi connectivity index (χ3v) is 3.59. The van der Waals surface area contributed by atoms with Crippen molar-refractivity contribution in [1.29, 1.82) is 0 Å². The third kappa shape index (κ3) is 3.13. The van der Waals surface area contributed by atoms with E-state index < -0.39 is 6.09 Å². The molecule has 5 nitrogen and oxygen atoms in total. The number of anilines is 1. The number of benzene rings is 1. The van der Waals surface area contributed by atoms with Crippen LogP contribution in [0.2, 0.25) is 0 Å². The lowest BCUT2D eigenvalue weighted by Crippen LogP contribution is -2.25. The van der Waals surface area contributed by atoms with E-state index >= 15 is 0 Å². The van der Waals surface area contributed by atoms with Gasteiger partial charge in [0, 0.05) is 18.3 Å². The monoisotopic (exact) mass is 284 g/mol. The van der Waals surface area contributed by atoms with E-state index in [1.54, 1.807) is 10.6 Å². The maximum atomic E-state index is 12.3. The summed E-state index contributed by atoms with van der Waals surface area (Å²) in [6.45, 7) is 0.647. The van der Waals surface area contributed by atoms with E-state index in [2.05, 4.69) is 5.32 Å². The summed E-state index contributed by atoms with van der Waals surface area (Å²) >= 11 is 0. The van der Waals surface area contributed by atoms with Crippen molar-refractivity contribution in [3.05, 3.63) is 52.9 Å². The van der Waals surface area contributed by atoms with Gasteiger partial charge in [-0.1, -0.05) is 30.3 Å². The number of carbonyl (C=O) groups is 1. The van der Waals surface area contributed by atoms with Crippen molar-refractivity contribution in [2.24, 2.45) is 5.92 Å². The minimum Gasteiger partial charge on any atom is -0.465 e. The zero-order valence-electron chi connectivity index (χ0n) is 11.5. The molecule has 108 valence electrons. The molecule has 5 heteroatoms. The topological polar surface area (TPSA) is 71.3 Å². The summed E-state index contributed by atoms with van der Waals surface area (Å²) in [6, 6.07) is 11.2. The van der Waals surface area contributed by atoms with Gasteiger partial charge >= 0.3 is 6.09 Å². The van der Waals surface area contributed by atoms with Crippen LogP contribution in [0.5, 0.6) is 0 Å². The third-order valence-electron chi connectivity index (χ3n) is 3.59. The van der Waals surface area contributed by atoms with Crippen LogP contribution in [0.15, 0.2) is 47.4 Å². The summed E-state index contributed by atoms with van der Waals surface area (Å²) in [6.07, 6.45) is 2.84. The molecule has 1 amide bonds. The van der Waals surface area contributed by atoms with Crippen LogP contribution < -0.4 is 10.9 Å². The molecule has 1 saturated carbocycles. The molecule has 1 aliphatic rings. The van der Waals surface area contributed by atoms with Gasteiger partial charge in [0.05, 0.1) is 0 Å². The molecule has 0 saturated heterocycles. The molecule has 2 aromatic rings. The van der Waals surface area contributed by atoms with Gasteiger partial charge in [-0.05, 0) is 30.4 Å². The number of hydrogen-bond donors (Lipinski definition) is 2. The van der Waals surface area contributed by atoms with Crippen LogP contribution >= 0.6 is 0 Å². The minimum absolute atomic E-state index is 0.101. The van der Waals surface area contributed by atoms with Crippen LogP contribution in [0, 0.1) is 5.92 Å². The van der Waals surface area contributed by atoms with E-state index in [1.165, 1.54) is 0 Å². The number of amides is 1. The van der Waals surface area contributed by atoms with Crippen LogP contribution in [0.1, 0.15) is 12.8 Å². The van der Waals surface area contributed by atoms with Gasteiger partial charge in [-0.25, -0.2) is 4.79 Å².